The Kier molecular flexibility index (Phi) is 9.87. The van der Waals surface area contributed by atoms with Crippen LogP contribution in [0.4, 0.5) is 0 Å². The first kappa shape index (κ1) is 28.3. The van der Waals surface area contributed by atoms with Crippen LogP contribution in [0, 0.1) is 11.8 Å². The average molecular weight is 604 g/mol. The van der Waals surface area contributed by atoms with Gasteiger partial charge in [-0.2, -0.15) is 0 Å². The van der Waals surface area contributed by atoms with Gasteiger partial charge in [0.2, 0.25) is 0 Å². The summed E-state index contributed by atoms with van der Waals surface area (Å²) >= 11 is 7.41. The van der Waals surface area contributed by atoms with Gasteiger partial charge in [-0.15, -0.1) is 22.7 Å². The van der Waals surface area contributed by atoms with Crippen LogP contribution in [0.3, 0.4) is 0 Å². The first-order chi connectivity index (χ1) is 17.9. The quantitative estimate of drug-likeness (QED) is 0.193. The normalized spacial score (nSPS) is 14.7. The number of H-pyrrole nitrogens is 1. The maximum atomic E-state index is 13.2. The first-order valence-electron chi connectivity index (χ1n) is 13.9. The van der Waals surface area contributed by atoms with Crippen molar-refractivity contribution in [2.24, 2.45) is 16.8 Å². The van der Waals surface area contributed by atoms with Crippen molar-refractivity contribution in [3.63, 3.8) is 0 Å². The summed E-state index contributed by atoms with van der Waals surface area (Å²) in [6.45, 7) is 9.08. The van der Waals surface area contributed by atoms with E-state index >= 15 is 0 Å². The van der Waals surface area contributed by atoms with Gasteiger partial charge in [0.1, 0.15) is 0 Å². The van der Waals surface area contributed by atoms with Crippen LogP contribution in [0.25, 0.3) is 11.3 Å². The van der Waals surface area contributed by atoms with Crippen molar-refractivity contribution in [2.45, 2.75) is 91.9 Å². The van der Waals surface area contributed by atoms with Crippen molar-refractivity contribution in [1.29, 1.82) is 0 Å². The van der Waals surface area contributed by atoms with Crippen molar-refractivity contribution < 1.29 is 9.90 Å². The number of halogens is 1. The largest absolute Gasteiger partial charge is 0.494 e. The van der Waals surface area contributed by atoms with E-state index < -0.39 is 0 Å². The molecular formula is C30H39BrN2O2S2. The monoisotopic (exact) mass is 602 g/mol. The molecule has 1 aliphatic heterocycles. The molecule has 0 spiro atoms. The number of rotatable bonds is 14. The summed E-state index contributed by atoms with van der Waals surface area (Å²) in [5.41, 5.74) is 3.38. The molecule has 4 heterocycles. The van der Waals surface area contributed by atoms with Crippen LogP contribution in [0.5, 0.6) is 5.88 Å². The van der Waals surface area contributed by atoms with Crippen LogP contribution < -0.4 is 0 Å². The second-order valence-corrected chi connectivity index (χ2v) is 13.2. The Morgan fingerprint density at radius 3 is 2.19 bits per heavy atom. The number of nitrogens with zero attached hydrogens (tertiary/aromatic N) is 1. The molecule has 0 saturated carbocycles. The number of amides is 1. The van der Waals surface area contributed by atoms with Crippen molar-refractivity contribution in [3.05, 3.63) is 47.7 Å². The standard InChI is InChI=1S/C30H39BrN2O2S2/c1-5-9-12-18(7-3)16-21-23(26(31)22(37-21)17-19(8-4)13-10-6-2)28-25-24(29(34)33-28)27(32-30(25)35)20-14-11-15-36-20/h11,14-15,18-19,33-34H,5-10,12-13,16-17H2,1-4H3. The number of carbonyl (C=O) groups excluding carboxylic acids is 1. The van der Waals surface area contributed by atoms with Gasteiger partial charge in [0.15, 0.2) is 5.88 Å². The molecule has 7 heteroatoms. The molecule has 2 unspecified atom stereocenters. The number of carbonyl (C=O) groups is 1. The number of aliphatic imine (C=N–C) groups is 1. The van der Waals surface area contributed by atoms with E-state index in [9.17, 15) is 9.90 Å². The van der Waals surface area contributed by atoms with Gasteiger partial charge in [-0.25, -0.2) is 4.99 Å². The minimum Gasteiger partial charge on any atom is -0.494 e. The first-order valence-corrected chi connectivity index (χ1v) is 16.3. The van der Waals surface area contributed by atoms with Gasteiger partial charge in [0.25, 0.3) is 5.91 Å². The zero-order chi connectivity index (χ0) is 26.5. The van der Waals surface area contributed by atoms with E-state index in [1.54, 1.807) is 0 Å². The molecule has 3 aromatic rings. The molecule has 0 saturated heterocycles. The summed E-state index contributed by atoms with van der Waals surface area (Å²) in [4.78, 5) is 24.4. The summed E-state index contributed by atoms with van der Waals surface area (Å²) in [5.74, 6) is 1.00. The van der Waals surface area contributed by atoms with E-state index in [4.69, 9.17) is 0 Å². The second kappa shape index (κ2) is 12.9. The Morgan fingerprint density at radius 2 is 1.62 bits per heavy atom. The topological polar surface area (TPSA) is 65.4 Å². The van der Waals surface area contributed by atoms with E-state index in [0.717, 1.165) is 40.6 Å². The lowest BCUT2D eigenvalue weighted by Gasteiger charge is -2.14. The third-order valence-electron chi connectivity index (χ3n) is 7.67. The highest BCUT2D eigenvalue weighted by Crippen LogP contribution is 2.48. The SMILES string of the molecule is CCCCC(CC)Cc1sc(CC(CC)CCCC)c(-c2[nH]c(O)c3c2C(=O)N=C3c2cccs2)c1Br. The van der Waals surface area contributed by atoms with Gasteiger partial charge in [0, 0.05) is 19.8 Å². The van der Waals surface area contributed by atoms with E-state index in [-0.39, 0.29) is 11.8 Å². The number of nitrogens with one attached hydrogen (secondary N) is 1. The number of aromatic nitrogens is 1. The predicted octanol–water partition coefficient (Wildman–Crippen LogP) is 9.78. The molecule has 0 aromatic carbocycles. The fourth-order valence-electron chi connectivity index (χ4n) is 5.37. The lowest BCUT2D eigenvalue weighted by molar-refractivity contribution is 0.101. The number of hydrogen-bond donors (Lipinski definition) is 2. The van der Waals surface area contributed by atoms with Gasteiger partial charge in [-0.3, -0.25) is 4.79 Å². The zero-order valence-corrected chi connectivity index (χ0v) is 25.7. The molecule has 0 fully saturated rings. The number of fused-ring (bicyclic) bond motifs is 1. The molecule has 4 rings (SSSR count). The Bertz CT molecular complexity index is 1240. The summed E-state index contributed by atoms with van der Waals surface area (Å²) < 4.78 is 1.08. The zero-order valence-electron chi connectivity index (χ0n) is 22.5. The van der Waals surface area contributed by atoms with E-state index in [0.29, 0.717) is 34.4 Å². The molecule has 2 atom stereocenters. The molecule has 0 radical (unpaired) electrons. The molecule has 2 N–H and O–H groups in total. The number of thiophene rings is 2. The summed E-state index contributed by atoms with van der Waals surface area (Å²) in [6.07, 6.45) is 11.7. The van der Waals surface area contributed by atoms with Crippen LogP contribution in [0.2, 0.25) is 0 Å². The second-order valence-electron chi connectivity index (χ2n) is 10.2. The van der Waals surface area contributed by atoms with Crippen LogP contribution in [0.1, 0.15) is 110 Å². The molecular weight excluding hydrogens is 564 g/mol. The van der Waals surface area contributed by atoms with Gasteiger partial charge >= 0.3 is 0 Å². The molecule has 37 heavy (non-hydrogen) atoms. The molecule has 1 aliphatic rings. The maximum Gasteiger partial charge on any atom is 0.280 e. The van der Waals surface area contributed by atoms with Crippen LogP contribution in [-0.2, 0) is 12.8 Å². The van der Waals surface area contributed by atoms with Crippen LogP contribution in [-0.4, -0.2) is 21.7 Å². The molecule has 0 bridgehead atoms. The summed E-state index contributed by atoms with van der Waals surface area (Å²) in [5, 5.41) is 13.0. The smallest absolute Gasteiger partial charge is 0.280 e. The maximum absolute atomic E-state index is 13.2. The molecule has 200 valence electrons. The lowest BCUT2D eigenvalue weighted by Crippen LogP contribution is -2.04. The Hall–Kier alpha value is -1.70. The fraction of sp³-hybridized carbons (Fsp3) is 0.533. The van der Waals surface area contributed by atoms with E-state index in [1.165, 1.54) is 59.6 Å². The average Bonchev–Trinajstić information content (AvgIpc) is 3.66. The van der Waals surface area contributed by atoms with E-state index in [2.05, 4.69) is 53.6 Å². The minimum absolute atomic E-state index is 0.0287. The van der Waals surface area contributed by atoms with Crippen molar-refractivity contribution >= 4 is 50.2 Å². The highest BCUT2D eigenvalue weighted by molar-refractivity contribution is 9.10. The Labute approximate surface area is 237 Å². The van der Waals surface area contributed by atoms with Crippen LogP contribution in [0.15, 0.2) is 27.0 Å². The number of hydrogen-bond acceptors (Lipinski definition) is 4. The summed E-state index contributed by atoms with van der Waals surface area (Å²) in [6, 6.07) is 3.89. The predicted molar refractivity (Wildman–Crippen MR) is 162 cm³/mol. The highest BCUT2D eigenvalue weighted by Gasteiger charge is 2.36. The number of unbranched alkanes of at least 4 members (excludes halogenated alkanes) is 2. The Balaban J connectivity index is 1.79. The Morgan fingerprint density at radius 1 is 0.973 bits per heavy atom. The lowest BCUT2D eigenvalue weighted by atomic mass is 9.92. The summed E-state index contributed by atoms with van der Waals surface area (Å²) in [7, 11) is 0. The molecule has 1 amide bonds. The van der Waals surface area contributed by atoms with E-state index in [1.807, 2.05) is 28.8 Å². The molecule has 3 aromatic heterocycles. The number of aromatic hydroxyl groups is 1. The fourth-order valence-corrected chi connectivity index (χ4v) is 8.49. The third-order valence-corrected chi connectivity index (χ3v) is 10.9. The van der Waals surface area contributed by atoms with Crippen molar-refractivity contribution in [3.8, 4) is 17.1 Å². The third kappa shape index (κ3) is 5.99. The molecule has 0 aliphatic carbocycles. The number of aromatic amines is 1. The highest BCUT2D eigenvalue weighted by atomic mass is 79.9. The van der Waals surface area contributed by atoms with Gasteiger partial charge in [0.05, 0.1) is 27.4 Å². The molecule has 4 nitrogen and oxygen atoms in total. The van der Waals surface area contributed by atoms with Crippen molar-refractivity contribution in [1.82, 2.24) is 4.98 Å². The van der Waals surface area contributed by atoms with Gasteiger partial charge < -0.3 is 10.1 Å². The minimum atomic E-state index is -0.275. The van der Waals surface area contributed by atoms with Crippen molar-refractivity contribution in [2.75, 3.05) is 0 Å². The van der Waals surface area contributed by atoms with Gasteiger partial charge in [-0.05, 0) is 52.1 Å². The van der Waals surface area contributed by atoms with Gasteiger partial charge in [-0.1, -0.05) is 85.1 Å². The van der Waals surface area contributed by atoms with Crippen LogP contribution >= 0.6 is 38.6 Å².